The Balaban J connectivity index is 1.60. The second kappa shape index (κ2) is 20.0. The van der Waals surface area contributed by atoms with E-state index in [9.17, 15) is 9.59 Å². The van der Waals surface area contributed by atoms with Crippen molar-refractivity contribution >= 4 is 23.6 Å². The maximum absolute atomic E-state index is 12.2. The number of amides is 2. The molecule has 6 heteroatoms. The maximum atomic E-state index is 12.2. The summed E-state index contributed by atoms with van der Waals surface area (Å²) in [7, 11) is 0. The van der Waals surface area contributed by atoms with Crippen LogP contribution < -0.4 is 10.6 Å². The molecule has 2 N–H and O–H groups in total. The predicted octanol–water partition coefficient (Wildman–Crippen LogP) is 9.68. The Morgan fingerprint density at radius 1 is 0.615 bits per heavy atom. The van der Waals surface area contributed by atoms with Gasteiger partial charge in [0.25, 0.3) is 0 Å². The summed E-state index contributed by atoms with van der Waals surface area (Å²) in [4.78, 5) is 24.4. The Labute approximate surface area is 236 Å². The van der Waals surface area contributed by atoms with Crippen LogP contribution in [0, 0.1) is 0 Å². The molecule has 1 atom stereocenters. The molecule has 0 saturated heterocycles. The summed E-state index contributed by atoms with van der Waals surface area (Å²) in [5.41, 5.74) is 3.89. The Hall–Kier alpha value is -3.02. The smallest absolute Gasteiger partial charge is 0.412 e. The lowest BCUT2D eigenvalue weighted by atomic mass is 10.0. The van der Waals surface area contributed by atoms with E-state index in [0.717, 1.165) is 12.8 Å². The zero-order valence-electron chi connectivity index (χ0n) is 24.4. The van der Waals surface area contributed by atoms with E-state index in [0.29, 0.717) is 11.4 Å². The third-order valence-corrected chi connectivity index (χ3v) is 6.80. The minimum absolute atomic E-state index is 0.0352. The molecule has 216 valence electrons. The van der Waals surface area contributed by atoms with Crippen LogP contribution in [0.1, 0.15) is 109 Å². The SMILES string of the molecule is CCCCCCCCc1ccc(NC(=O)OCC(C)OC(=O)Nc2ccc(CCCCCCCC)cc2)cc1. The van der Waals surface area contributed by atoms with E-state index < -0.39 is 18.3 Å². The normalized spacial score (nSPS) is 11.6. The van der Waals surface area contributed by atoms with Gasteiger partial charge in [-0.1, -0.05) is 102 Å². The predicted molar refractivity (Wildman–Crippen MR) is 162 cm³/mol. The average Bonchev–Trinajstić information content (AvgIpc) is 2.93. The molecule has 0 saturated carbocycles. The molecule has 0 aliphatic heterocycles. The lowest BCUT2D eigenvalue weighted by Gasteiger charge is -2.15. The molecular weight excluding hydrogens is 488 g/mol. The molecule has 0 fully saturated rings. The number of carbonyl (C=O) groups is 2. The van der Waals surface area contributed by atoms with Crippen molar-refractivity contribution in [3.8, 4) is 0 Å². The molecule has 0 heterocycles. The van der Waals surface area contributed by atoms with Crippen LogP contribution in [-0.4, -0.2) is 24.9 Å². The Kier molecular flexibility index (Phi) is 16.5. The molecule has 2 aromatic carbocycles. The number of ether oxygens (including phenoxy) is 2. The van der Waals surface area contributed by atoms with Gasteiger partial charge in [-0.15, -0.1) is 0 Å². The number of nitrogens with one attached hydrogen (secondary N) is 2. The summed E-state index contributed by atoms with van der Waals surface area (Å²) in [5, 5.41) is 5.46. The zero-order chi connectivity index (χ0) is 28.1. The molecule has 0 spiro atoms. The fourth-order valence-electron chi connectivity index (χ4n) is 4.44. The third kappa shape index (κ3) is 15.2. The van der Waals surface area contributed by atoms with Gasteiger partial charge >= 0.3 is 12.2 Å². The van der Waals surface area contributed by atoms with E-state index in [4.69, 9.17) is 9.47 Å². The van der Waals surface area contributed by atoms with E-state index in [1.165, 1.54) is 88.2 Å². The highest BCUT2D eigenvalue weighted by molar-refractivity contribution is 5.85. The number of hydrogen-bond donors (Lipinski definition) is 2. The summed E-state index contributed by atoms with van der Waals surface area (Å²) in [6.07, 6.45) is 15.7. The van der Waals surface area contributed by atoms with Gasteiger partial charge < -0.3 is 9.47 Å². The standard InChI is InChI=1S/C33H50N2O4/c1-4-6-8-10-12-14-16-28-18-22-30(23-19-28)34-32(36)38-26-27(3)39-33(37)35-31-24-20-29(21-25-31)17-15-13-11-9-7-5-2/h18-25,27H,4-17,26H2,1-3H3,(H,34,36)(H,35,37). The highest BCUT2D eigenvalue weighted by Gasteiger charge is 2.13. The summed E-state index contributed by atoms with van der Waals surface area (Å²) < 4.78 is 10.6. The van der Waals surface area contributed by atoms with E-state index in [2.05, 4.69) is 24.5 Å². The van der Waals surface area contributed by atoms with Crippen LogP contribution in [0.5, 0.6) is 0 Å². The minimum atomic E-state index is -0.581. The largest absolute Gasteiger partial charge is 0.445 e. The number of aryl methyl sites for hydroxylation is 2. The van der Waals surface area contributed by atoms with E-state index in [1.54, 1.807) is 6.92 Å². The van der Waals surface area contributed by atoms with Crippen LogP contribution in [0.15, 0.2) is 48.5 Å². The minimum Gasteiger partial charge on any atom is -0.445 e. The number of carbonyl (C=O) groups excluding carboxylic acids is 2. The number of benzene rings is 2. The van der Waals surface area contributed by atoms with Gasteiger partial charge in [0.05, 0.1) is 0 Å². The Morgan fingerprint density at radius 2 is 1.03 bits per heavy atom. The van der Waals surface area contributed by atoms with Gasteiger partial charge in [-0.3, -0.25) is 10.6 Å². The number of hydrogen-bond acceptors (Lipinski definition) is 4. The second-order valence-corrected chi connectivity index (χ2v) is 10.5. The average molecular weight is 539 g/mol. The summed E-state index contributed by atoms with van der Waals surface area (Å²) in [6, 6.07) is 15.7. The van der Waals surface area contributed by atoms with Crippen molar-refractivity contribution in [1.82, 2.24) is 0 Å². The molecule has 0 aliphatic rings. The van der Waals surface area contributed by atoms with Crippen molar-refractivity contribution in [2.45, 2.75) is 117 Å². The third-order valence-electron chi connectivity index (χ3n) is 6.80. The first-order valence-electron chi connectivity index (χ1n) is 15.1. The highest BCUT2D eigenvalue weighted by Crippen LogP contribution is 2.15. The fraction of sp³-hybridized carbons (Fsp3) is 0.576. The van der Waals surface area contributed by atoms with Gasteiger partial charge in [-0.25, -0.2) is 9.59 Å². The van der Waals surface area contributed by atoms with Crippen molar-refractivity contribution in [1.29, 1.82) is 0 Å². The van der Waals surface area contributed by atoms with Crippen LogP contribution in [0.25, 0.3) is 0 Å². The first kappa shape index (κ1) is 32.2. The summed E-state index contributed by atoms with van der Waals surface area (Å²) in [5.74, 6) is 0. The van der Waals surface area contributed by atoms with Gasteiger partial charge in [-0.2, -0.15) is 0 Å². The molecule has 0 aromatic heterocycles. The topological polar surface area (TPSA) is 76.7 Å². The highest BCUT2D eigenvalue weighted by atomic mass is 16.6. The van der Waals surface area contributed by atoms with Gasteiger partial charge in [0, 0.05) is 11.4 Å². The Morgan fingerprint density at radius 3 is 1.49 bits per heavy atom. The second-order valence-electron chi connectivity index (χ2n) is 10.5. The van der Waals surface area contributed by atoms with Crippen LogP contribution in [-0.2, 0) is 22.3 Å². The van der Waals surface area contributed by atoms with Crippen LogP contribution in [0.3, 0.4) is 0 Å². The molecule has 6 nitrogen and oxygen atoms in total. The molecule has 1 unspecified atom stereocenters. The van der Waals surface area contributed by atoms with Gasteiger partial charge in [-0.05, 0) is 68.0 Å². The zero-order valence-corrected chi connectivity index (χ0v) is 24.4. The number of unbranched alkanes of at least 4 members (excludes halogenated alkanes) is 10. The van der Waals surface area contributed by atoms with E-state index in [-0.39, 0.29) is 6.61 Å². The lowest BCUT2D eigenvalue weighted by molar-refractivity contribution is 0.0651. The summed E-state index contributed by atoms with van der Waals surface area (Å²) in [6.45, 7) is 6.12. The maximum Gasteiger partial charge on any atom is 0.412 e. The molecule has 2 aromatic rings. The first-order chi connectivity index (χ1) is 19.0. The molecule has 2 amide bonds. The van der Waals surface area contributed by atoms with Crippen molar-refractivity contribution in [2.24, 2.45) is 0 Å². The van der Waals surface area contributed by atoms with Crippen molar-refractivity contribution in [3.05, 3.63) is 59.7 Å². The fourth-order valence-corrected chi connectivity index (χ4v) is 4.44. The van der Waals surface area contributed by atoms with Crippen molar-refractivity contribution in [3.63, 3.8) is 0 Å². The van der Waals surface area contributed by atoms with Crippen LogP contribution in [0.2, 0.25) is 0 Å². The molecule has 0 radical (unpaired) electrons. The molecule has 0 aliphatic carbocycles. The monoisotopic (exact) mass is 538 g/mol. The first-order valence-corrected chi connectivity index (χ1v) is 15.1. The van der Waals surface area contributed by atoms with Gasteiger partial charge in [0.15, 0.2) is 0 Å². The van der Waals surface area contributed by atoms with Crippen LogP contribution >= 0.6 is 0 Å². The quantitative estimate of drug-likeness (QED) is 0.175. The van der Waals surface area contributed by atoms with E-state index in [1.807, 2.05) is 48.5 Å². The summed E-state index contributed by atoms with van der Waals surface area (Å²) >= 11 is 0. The van der Waals surface area contributed by atoms with Crippen molar-refractivity contribution < 1.29 is 19.1 Å². The van der Waals surface area contributed by atoms with E-state index >= 15 is 0 Å². The number of anilines is 2. The van der Waals surface area contributed by atoms with Gasteiger partial charge in [0.1, 0.15) is 12.7 Å². The molecule has 39 heavy (non-hydrogen) atoms. The van der Waals surface area contributed by atoms with Crippen LogP contribution in [0.4, 0.5) is 21.0 Å². The van der Waals surface area contributed by atoms with Gasteiger partial charge in [0.2, 0.25) is 0 Å². The molecular formula is C33H50N2O4. The van der Waals surface area contributed by atoms with Crippen molar-refractivity contribution in [2.75, 3.05) is 17.2 Å². The molecule has 2 rings (SSSR count). The Bertz CT molecular complexity index is 928. The molecule has 0 bridgehead atoms. The lowest BCUT2D eigenvalue weighted by Crippen LogP contribution is -2.26. The number of rotatable bonds is 19.